The Bertz CT molecular complexity index is 843. The quantitative estimate of drug-likeness (QED) is 0.778. The van der Waals surface area contributed by atoms with E-state index in [1.807, 2.05) is 30.3 Å². The van der Waals surface area contributed by atoms with Gasteiger partial charge in [0.15, 0.2) is 5.82 Å². The van der Waals surface area contributed by atoms with E-state index in [0.29, 0.717) is 29.6 Å². The number of fused-ring (bicyclic) bond motifs is 1. The number of hydrogen-bond acceptors (Lipinski definition) is 5. The molecular formula is C15H10N4O2. The summed E-state index contributed by atoms with van der Waals surface area (Å²) in [6.45, 7) is 0.509. The van der Waals surface area contributed by atoms with Crippen LogP contribution in [0.15, 0.2) is 41.1 Å². The first-order valence-electron chi connectivity index (χ1n) is 6.49. The summed E-state index contributed by atoms with van der Waals surface area (Å²) in [6.07, 6.45) is 1.68. The highest BCUT2D eigenvalue weighted by Gasteiger charge is 2.29. The second-order valence-corrected chi connectivity index (χ2v) is 4.77. The van der Waals surface area contributed by atoms with Crippen LogP contribution in [-0.4, -0.2) is 21.7 Å². The number of rotatable bonds is 2. The van der Waals surface area contributed by atoms with Crippen molar-refractivity contribution in [2.24, 2.45) is 0 Å². The van der Waals surface area contributed by atoms with Crippen LogP contribution < -0.4 is 4.74 Å². The number of benzene rings is 1. The molecule has 6 nitrogen and oxygen atoms in total. The second kappa shape index (κ2) is 4.49. The van der Waals surface area contributed by atoms with Gasteiger partial charge in [-0.1, -0.05) is 23.4 Å². The molecule has 2 aromatic heterocycles. The molecule has 0 fully saturated rings. The largest absolute Gasteiger partial charge is 0.492 e. The molecule has 1 atom stereocenters. The molecule has 0 amide bonds. The van der Waals surface area contributed by atoms with Crippen molar-refractivity contribution in [3.63, 3.8) is 0 Å². The predicted molar refractivity (Wildman–Crippen MR) is 72.6 cm³/mol. The van der Waals surface area contributed by atoms with E-state index in [0.717, 1.165) is 11.3 Å². The Labute approximate surface area is 120 Å². The number of para-hydroxylation sites is 1. The van der Waals surface area contributed by atoms with Crippen molar-refractivity contribution in [2.75, 3.05) is 6.61 Å². The Morgan fingerprint density at radius 2 is 2.24 bits per heavy atom. The van der Waals surface area contributed by atoms with E-state index in [4.69, 9.17) is 14.5 Å². The molecular weight excluding hydrogens is 268 g/mol. The highest BCUT2D eigenvalue weighted by atomic mass is 16.5. The first-order chi connectivity index (χ1) is 10.3. The van der Waals surface area contributed by atoms with E-state index in [9.17, 15) is 0 Å². The number of H-pyrrole nitrogens is 1. The number of ether oxygens (including phenoxy) is 1. The van der Waals surface area contributed by atoms with E-state index in [1.165, 1.54) is 0 Å². The topological polar surface area (TPSA) is 87.7 Å². The molecule has 0 radical (unpaired) electrons. The highest BCUT2D eigenvalue weighted by molar-refractivity contribution is 5.55. The molecule has 6 heteroatoms. The lowest BCUT2D eigenvalue weighted by molar-refractivity contribution is 0.335. The lowest BCUT2D eigenvalue weighted by atomic mass is 10.0. The van der Waals surface area contributed by atoms with E-state index in [1.54, 1.807) is 12.3 Å². The van der Waals surface area contributed by atoms with Gasteiger partial charge >= 0.3 is 0 Å². The first-order valence-corrected chi connectivity index (χ1v) is 6.49. The Kier molecular flexibility index (Phi) is 2.51. The number of nitrogens with one attached hydrogen (secondary N) is 1. The fourth-order valence-electron chi connectivity index (χ4n) is 2.45. The van der Waals surface area contributed by atoms with Gasteiger partial charge in [-0.05, 0) is 12.1 Å². The molecule has 102 valence electrons. The average Bonchev–Trinajstić information content (AvgIpc) is 3.24. The summed E-state index contributed by atoms with van der Waals surface area (Å²) in [5.74, 6) is 1.83. The summed E-state index contributed by atoms with van der Waals surface area (Å²) in [5.41, 5.74) is 2.23. The van der Waals surface area contributed by atoms with Gasteiger partial charge in [0.25, 0.3) is 5.89 Å². The normalized spacial score (nSPS) is 16.2. The van der Waals surface area contributed by atoms with Crippen molar-refractivity contribution in [3.8, 4) is 23.3 Å². The molecule has 0 spiro atoms. The van der Waals surface area contributed by atoms with Crippen LogP contribution in [-0.2, 0) is 0 Å². The Balaban J connectivity index is 1.68. The fourth-order valence-corrected chi connectivity index (χ4v) is 2.45. The maximum Gasteiger partial charge on any atom is 0.259 e. The van der Waals surface area contributed by atoms with Crippen molar-refractivity contribution in [1.82, 2.24) is 15.1 Å². The minimum absolute atomic E-state index is 0.0203. The molecule has 3 heterocycles. The molecule has 4 rings (SSSR count). The van der Waals surface area contributed by atoms with Crippen LogP contribution in [0.4, 0.5) is 0 Å². The van der Waals surface area contributed by atoms with Crippen LogP contribution in [0.25, 0.3) is 11.5 Å². The number of nitrogens with zero attached hydrogens (tertiary/aromatic N) is 3. The SMILES string of the molecule is N#Cc1cc(-c2nc(C3COc4ccccc43)no2)c[nH]1. The van der Waals surface area contributed by atoms with Gasteiger partial charge in [0.05, 0.1) is 11.5 Å². The maximum atomic E-state index is 8.82. The van der Waals surface area contributed by atoms with E-state index in [2.05, 4.69) is 15.1 Å². The molecule has 1 aromatic carbocycles. The lowest BCUT2D eigenvalue weighted by Crippen LogP contribution is -2.04. The van der Waals surface area contributed by atoms with Gasteiger partial charge < -0.3 is 14.2 Å². The summed E-state index contributed by atoms with van der Waals surface area (Å²) in [7, 11) is 0. The van der Waals surface area contributed by atoms with Crippen LogP contribution >= 0.6 is 0 Å². The summed E-state index contributed by atoms with van der Waals surface area (Å²) in [4.78, 5) is 7.26. The van der Waals surface area contributed by atoms with Crippen LogP contribution in [0.3, 0.4) is 0 Å². The van der Waals surface area contributed by atoms with Crippen LogP contribution in [0, 0.1) is 11.3 Å². The number of hydrogen-bond donors (Lipinski definition) is 1. The van der Waals surface area contributed by atoms with Crippen molar-refractivity contribution in [3.05, 3.63) is 53.6 Å². The van der Waals surface area contributed by atoms with Gasteiger partial charge in [0, 0.05) is 11.8 Å². The Morgan fingerprint density at radius 3 is 3.10 bits per heavy atom. The van der Waals surface area contributed by atoms with E-state index >= 15 is 0 Å². The van der Waals surface area contributed by atoms with Crippen LogP contribution in [0.1, 0.15) is 23.0 Å². The van der Waals surface area contributed by atoms with Crippen molar-refractivity contribution in [2.45, 2.75) is 5.92 Å². The number of nitriles is 1. The highest BCUT2D eigenvalue weighted by Crippen LogP contribution is 2.37. The molecule has 0 aliphatic carbocycles. The summed E-state index contributed by atoms with van der Waals surface area (Å²) >= 11 is 0. The van der Waals surface area contributed by atoms with Gasteiger partial charge in [-0.2, -0.15) is 10.2 Å². The zero-order valence-corrected chi connectivity index (χ0v) is 10.9. The Hall–Kier alpha value is -3.07. The zero-order valence-electron chi connectivity index (χ0n) is 10.9. The summed E-state index contributed by atoms with van der Waals surface area (Å²) in [5, 5.41) is 12.9. The smallest absolute Gasteiger partial charge is 0.259 e. The molecule has 3 aromatic rings. The van der Waals surface area contributed by atoms with Crippen molar-refractivity contribution in [1.29, 1.82) is 5.26 Å². The zero-order chi connectivity index (χ0) is 14.2. The monoisotopic (exact) mass is 278 g/mol. The third-order valence-electron chi connectivity index (χ3n) is 3.50. The van der Waals surface area contributed by atoms with Crippen LogP contribution in [0.5, 0.6) is 5.75 Å². The maximum absolute atomic E-state index is 8.82. The molecule has 1 aliphatic heterocycles. The van der Waals surface area contributed by atoms with Gasteiger partial charge in [0.2, 0.25) is 0 Å². The molecule has 1 unspecified atom stereocenters. The van der Waals surface area contributed by atoms with Gasteiger partial charge in [-0.15, -0.1) is 0 Å². The third-order valence-corrected chi connectivity index (χ3v) is 3.50. The second-order valence-electron chi connectivity index (χ2n) is 4.77. The number of aromatic amines is 1. The van der Waals surface area contributed by atoms with Gasteiger partial charge in [0.1, 0.15) is 24.1 Å². The van der Waals surface area contributed by atoms with Gasteiger partial charge in [-0.3, -0.25) is 0 Å². The molecule has 1 aliphatic rings. The van der Waals surface area contributed by atoms with Gasteiger partial charge in [-0.25, -0.2) is 0 Å². The minimum Gasteiger partial charge on any atom is -0.492 e. The van der Waals surface area contributed by atoms with Crippen LogP contribution in [0.2, 0.25) is 0 Å². The standard InChI is InChI=1S/C15H10N4O2/c16-6-10-5-9(7-17-10)15-18-14(19-21-15)12-8-20-13-4-2-1-3-11(12)13/h1-5,7,12,17H,8H2. The summed E-state index contributed by atoms with van der Waals surface area (Å²) in [6, 6.07) is 11.5. The van der Waals surface area contributed by atoms with Crippen molar-refractivity contribution >= 4 is 0 Å². The van der Waals surface area contributed by atoms with Crippen molar-refractivity contribution < 1.29 is 9.26 Å². The summed E-state index contributed by atoms with van der Waals surface area (Å²) < 4.78 is 10.9. The molecule has 0 bridgehead atoms. The Morgan fingerprint density at radius 1 is 1.33 bits per heavy atom. The molecule has 1 N–H and O–H groups in total. The first kappa shape index (κ1) is 11.7. The fraction of sp³-hybridized carbons (Fsp3) is 0.133. The third kappa shape index (κ3) is 1.87. The lowest BCUT2D eigenvalue weighted by Gasteiger charge is -2.01. The molecule has 0 saturated carbocycles. The average molecular weight is 278 g/mol. The molecule has 0 saturated heterocycles. The minimum atomic E-state index is -0.0203. The van der Waals surface area contributed by atoms with E-state index < -0.39 is 0 Å². The predicted octanol–water partition coefficient (Wildman–Crippen LogP) is 2.46. The van der Waals surface area contributed by atoms with E-state index in [-0.39, 0.29) is 5.92 Å². The number of aromatic nitrogens is 3. The molecule has 21 heavy (non-hydrogen) atoms.